The van der Waals surface area contributed by atoms with Gasteiger partial charge >= 0.3 is 0 Å². The molecule has 0 aromatic rings. The zero-order chi connectivity index (χ0) is 25.2. The van der Waals surface area contributed by atoms with Crippen molar-refractivity contribution in [1.29, 1.82) is 0 Å². The highest BCUT2D eigenvalue weighted by molar-refractivity contribution is 4.96. The minimum Gasteiger partial charge on any atom is -0.356 e. The van der Waals surface area contributed by atoms with E-state index in [1.807, 2.05) is 0 Å². The third-order valence-corrected chi connectivity index (χ3v) is 8.05. The zero-order valence-corrected chi connectivity index (χ0v) is 24.7. The van der Waals surface area contributed by atoms with Crippen molar-refractivity contribution in [3.63, 3.8) is 0 Å². The van der Waals surface area contributed by atoms with Crippen LogP contribution in [0.3, 0.4) is 0 Å². The van der Waals surface area contributed by atoms with Gasteiger partial charge in [0, 0.05) is 25.5 Å². The third-order valence-electron chi connectivity index (χ3n) is 8.05. The van der Waals surface area contributed by atoms with Gasteiger partial charge in [0.15, 0.2) is 0 Å². The summed E-state index contributed by atoms with van der Waals surface area (Å²) in [5, 5.41) is 0. The fraction of sp³-hybridized carbons (Fsp3) is 0.939. The monoisotopic (exact) mass is 491 g/mol. The molecule has 0 aromatic carbocycles. The third kappa shape index (κ3) is 18.3. The highest BCUT2D eigenvalue weighted by Crippen LogP contribution is 2.22. The van der Waals surface area contributed by atoms with Crippen LogP contribution in [0.4, 0.5) is 0 Å². The molecule has 208 valence electrons. The Labute approximate surface area is 222 Å². The minimum absolute atomic E-state index is 0.635. The van der Waals surface area contributed by atoms with E-state index in [0.29, 0.717) is 6.17 Å². The van der Waals surface area contributed by atoms with Gasteiger partial charge in [0.25, 0.3) is 0 Å². The second-order valence-corrected chi connectivity index (χ2v) is 11.5. The molecule has 35 heavy (non-hydrogen) atoms. The first-order valence-electron chi connectivity index (χ1n) is 16.5. The molecule has 1 unspecified atom stereocenters. The summed E-state index contributed by atoms with van der Waals surface area (Å²) in [5.41, 5.74) is 0. The van der Waals surface area contributed by atoms with Gasteiger partial charge in [-0.15, -0.1) is 0 Å². The summed E-state index contributed by atoms with van der Waals surface area (Å²) in [7, 11) is 0. The average molecular weight is 491 g/mol. The molecule has 0 saturated heterocycles. The van der Waals surface area contributed by atoms with Gasteiger partial charge in [-0.2, -0.15) is 0 Å². The van der Waals surface area contributed by atoms with Crippen LogP contribution in [0.25, 0.3) is 0 Å². The highest BCUT2D eigenvalue weighted by Gasteiger charge is 2.24. The van der Waals surface area contributed by atoms with E-state index in [4.69, 9.17) is 0 Å². The Kier molecular flexibility index (Phi) is 23.1. The van der Waals surface area contributed by atoms with Crippen LogP contribution in [0.5, 0.6) is 0 Å². The topological polar surface area (TPSA) is 6.48 Å². The normalized spacial score (nSPS) is 15.6. The van der Waals surface area contributed by atoms with Gasteiger partial charge in [-0.25, -0.2) is 0 Å². The molecule has 0 aliphatic carbocycles. The summed E-state index contributed by atoms with van der Waals surface area (Å²) in [4.78, 5) is 5.30. The molecule has 0 bridgehead atoms. The Morgan fingerprint density at radius 3 is 0.943 bits per heavy atom. The minimum atomic E-state index is 0.635. The molecule has 0 fully saturated rings. The molecule has 2 heteroatoms. The summed E-state index contributed by atoms with van der Waals surface area (Å²) in [6.45, 7) is 9.47. The molecule has 0 saturated carbocycles. The van der Waals surface area contributed by atoms with Crippen molar-refractivity contribution in [2.45, 2.75) is 187 Å². The predicted octanol–water partition coefficient (Wildman–Crippen LogP) is 11.2. The van der Waals surface area contributed by atoms with Crippen molar-refractivity contribution in [3.8, 4) is 0 Å². The van der Waals surface area contributed by atoms with E-state index in [1.165, 1.54) is 174 Å². The molecule has 1 aliphatic heterocycles. The van der Waals surface area contributed by atoms with E-state index in [2.05, 4.69) is 43.0 Å². The van der Waals surface area contributed by atoms with E-state index in [1.54, 1.807) is 0 Å². The van der Waals surface area contributed by atoms with Gasteiger partial charge in [-0.05, 0) is 19.3 Å². The number of unbranched alkanes of at least 4 members (excludes halogenated alkanes) is 21. The maximum atomic E-state index is 2.65. The lowest BCUT2D eigenvalue weighted by molar-refractivity contribution is 0.138. The van der Waals surface area contributed by atoms with Crippen molar-refractivity contribution in [3.05, 3.63) is 12.4 Å². The summed E-state index contributed by atoms with van der Waals surface area (Å²) < 4.78 is 0. The van der Waals surface area contributed by atoms with Gasteiger partial charge in [0.1, 0.15) is 6.17 Å². The van der Waals surface area contributed by atoms with E-state index in [9.17, 15) is 0 Å². The summed E-state index contributed by atoms with van der Waals surface area (Å²) in [6.07, 6.45) is 41.1. The van der Waals surface area contributed by atoms with Crippen molar-refractivity contribution < 1.29 is 0 Å². The molecule has 0 aromatic heterocycles. The summed E-state index contributed by atoms with van der Waals surface area (Å²) in [6, 6.07) is 0. The van der Waals surface area contributed by atoms with Gasteiger partial charge < -0.3 is 9.80 Å². The van der Waals surface area contributed by atoms with E-state index in [-0.39, 0.29) is 0 Å². The van der Waals surface area contributed by atoms with E-state index >= 15 is 0 Å². The van der Waals surface area contributed by atoms with Crippen LogP contribution in [-0.4, -0.2) is 29.1 Å². The average Bonchev–Trinajstić information content (AvgIpc) is 3.24. The maximum absolute atomic E-state index is 2.65. The summed E-state index contributed by atoms with van der Waals surface area (Å²) >= 11 is 0. The molecular weight excluding hydrogens is 424 g/mol. The standard InChI is InChI=1S/C33H66N2/c1-4-7-9-11-13-15-17-19-21-23-25-27-30-35-32-31-34(33(35)28-6-3)29-26-24-22-20-18-16-14-12-10-8-5-2/h31-33H,4-30H2,1-3H3. The number of rotatable bonds is 27. The molecule has 1 atom stereocenters. The van der Waals surface area contributed by atoms with Crippen LogP contribution < -0.4 is 0 Å². The first-order valence-corrected chi connectivity index (χ1v) is 16.5. The Bertz CT molecular complexity index is 446. The molecule has 2 nitrogen and oxygen atoms in total. The van der Waals surface area contributed by atoms with Crippen molar-refractivity contribution >= 4 is 0 Å². The predicted molar refractivity (Wildman–Crippen MR) is 159 cm³/mol. The molecule has 0 N–H and O–H groups in total. The van der Waals surface area contributed by atoms with Crippen LogP contribution in [0.2, 0.25) is 0 Å². The molecule has 0 spiro atoms. The van der Waals surface area contributed by atoms with Gasteiger partial charge in [-0.3, -0.25) is 0 Å². The zero-order valence-electron chi connectivity index (χ0n) is 24.7. The van der Waals surface area contributed by atoms with E-state index in [0.717, 1.165) is 0 Å². The van der Waals surface area contributed by atoms with Gasteiger partial charge in [0.2, 0.25) is 0 Å². The fourth-order valence-corrected chi connectivity index (χ4v) is 5.69. The SMILES string of the molecule is CCCCCCCCCCCCCCN1C=CN(CCCCCCCCCCCCC)C1CCC. The number of hydrogen-bond donors (Lipinski definition) is 0. The van der Waals surface area contributed by atoms with Crippen LogP contribution in [-0.2, 0) is 0 Å². The smallest absolute Gasteiger partial charge is 0.101 e. The maximum Gasteiger partial charge on any atom is 0.101 e. The first-order chi connectivity index (χ1) is 17.3. The largest absolute Gasteiger partial charge is 0.356 e. The quantitative estimate of drug-likeness (QED) is 0.106. The second kappa shape index (κ2) is 25.0. The van der Waals surface area contributed by atoms with Crippen LogP contribution in [0, 0.1) is 0 Å². The molecular formula is C33H66N2. The molecule has 1 heterocycles. The van der Waals surface area contributed by atoms with Crippen LogP contribution >= 0.6 is 0 Å². The Morgan fingerprint density at radius 1 is 0.371 bits per heavy atom. The van der Waals surface area contributed by atoms with Crippen molar-refractivity contribution in [2.24, 2.45) is 0 Å². The lowest BCUT2D eigenvalue weighted by Gasteiger charge is -2.33. The van der Waals surface area contributed by atoms with Crippen molar-refractivity contribution in [1.82, 2.24) is 9.80 Å². The molecule has 0 amide bonds. The van der Waals surface area contributed by atoms with Gasteiger partial charge in [-0.1, -0.05) is 162 Å². The Balaban J connectivity index is 2.00. The lowest BCUT2D eigenvalue weighted by atomic mass is 10.1. The Morgan fingerprint density at radius 2 is 0.657 bits per heavy atom. The first kappa shape index (κ1) is 32.4. The van der Waals surface area contributed by atoms with Crippen LogP contribution in [0.1, 0.15) is 181 Å². The fourth-order valence-electron chi connectivity index (χ4n) is 5.69. The lowest BCUT2D eigenvalue weighted by Crippen LogP contribution is -2.39. The van der Waals surface area contributed by atoms with Crippen LogP contribution in [0.15, 0.2) is 12.4 Å². The van der Waals surface area contributed by atoms with Crippen molar-refractivity contribution in [2.75, 3.05) is 13.1 Å². The molecule has 0 radical (unpaired) electrons. The number of nitrogens with zero attached hydrogens (tertiary/aromatic N) is 2. The van der Waals surface area contributed by atoms with Gasteiger partial charge in [0.05, 0.1) is 0 Å². The highest BCUT2D eigenvalue weighted by atomic mass is 15.4. The summed E-state index contributed by atoms with van der Waals surface area (Å²) in [5.74, 6) is 0. The Hall–Kier alpha value is -0.660. The second-order valence-electron chi connectivity index (χ2n) is 11.5. The molecule has 1 rings (SSSR count). The van der Waals surface area contributed by atoms with E-state index < -0.39 is 0 Å². The molecule has 1 aliphatic rings. The number of hydrogen-bond acceptors (Lipinski definition) is 2.